The van der Waals surface area contributed by atoms with Crippen molar-refractivity contribution in [2.75, 3.05) is 50.8 Å². The van der Waals surface area contributed by atoms with Crippen LogP contribution < -0.4 is 4.90 Å². The fourth-order valence-electron chi connectivity index (χ4n) is 4.16. The predicted molar refractivity (Wildman–Crippen MR) is 108 cm³/mol. The molecule has 0 unspecified atom stereocenters. The maximum atomic E-state index is 13.8. The van der Waals surface area contributed by atoms with Crippen molar-refractivity contribution in [2.45, 2.75) is 44.1 Å². The summed E-state index contributed by atoms with van der Waals surface area (Å²) in [5.74, 6) is 0. The van der Waals surface area contributed by atoms with E-state index >= 15 is 0 Å². The molecule has 3 rings (SSSR count). The molecule has 1 aromatic carbocycles. The number of carbonyl (C=O) groups is 1. The zero-order valence-corrected chi connectivity index (χ0v) is 19.0. The first-order valence-electron chi connectivity index (χ1n) is 10.9. The number of nitrogens with zero attached hydrogens (tertiary/aromatic N) is 3. The molecule has 0 saturated carbocycles. The topological polar surface area (TPSA) is 45.2 Å². The third kappa shape index (κ3) is 6.87. The van der Waals surface area contributed by atoms with Crippen LogP contribution in [0.3, 0.4) is 0 Å². The lowest BCUT2D eigenvalue weighted by molar-refractivity contribution is -0.308. The maximum Gasteiger partial charge on any atom is 0.434 e. The zero-order valence-electron chi connectivity index (χ0n) is 19.0. The van der Waals surface area contributed by atoms with Gasteiger partial charge in [-0.25, -0.2) is 4.79 Å². The van der Waals surface area contributed by atoms with Gasteiger partial charge in [0.05, 0.1) is 18.8 Å². The minimum Gasteiger partial charge on any atom is -0.426 e. The summed E-state index contributed by atoms with van der Waals surface area (Å²) in [7, 11) is 0. The van der Waals surface area contributed by atoms with Gasteiger partial charge in [0.1, 0.15) is 0 Å². The number of alkyl halides is 9. The van der Waals surface area contributed by atoms with E-state index < -0.39 is 42.3 Å². The highest BCUT2D eigenvalue weighted by Crippen LogP contribution is 2.37. The Labute approximate surface area is 200 Å². The van der Waals surface area contributed by atoms with Crippen LogP contribution in [0.2, 0.25) is 0 Å². The normalized spacial score (nSPS) is 20.7. The molecule has 0 aromatic heterocycles. The third-order valence-corrected chi connectivity index (χ3v) is 5.93. The molecule has 2 heterocycles. The molecule has 1 aromatic rings. The summed E-state index contributed by atoms with van der Waals surface area (Å²) in [5.41, 5.74) is -0.504. The molecular formula is C21H24F9N3O3. The molecule has 1 amide bonds. The monoisotopic (exact) mass is 537 g/mol. The first-order valence-corrected chi connectivity index (χ1v) is 10.9. The van der Waals surface area contributed by atoms with Crippen molar-refractivity contribution in [2.24, 2.45) is 0 Å². The maximum absolute atomic E-state index is 13.8. The fraction of sp³-hybridized carbons (Fsp3) is 0.667. The van der Waals surface area contributed by atoms with Crippen LogP contribution in [0.15, 0.2) is 18.2 Å². The Hall–Kier alpha value is -2.42. The molecular weight excluding hydrogens is 513 g/mol. The van der Waals surface area contributed by atoms with Crippen LogP contribution in [0.1, 0.15) is 18.1 Å². The van der Waals surface area contributed by atoms with Crippen LogP contribution in [0.5, 0.6) is 0 Å². The molecule has 6 nitrogen and oxygen atoms in total. The van der Waals surface area contributed by atoms with Crippen molar-refractivity contribution in [1.29, 1.82) is 0 Å². The van der Waals surface area contributed by atoms with Crippen molar-refractivity contribution in [1.82, 2.24) is 9.80 Å². The van der Waals surface area contributed by atoms with Crippen LogP contribution in [-0.4, -0.2) is 86.3 Å². The number of morpholine rings is 1. The number of ether oxygens (including phenoxy) is 2. The van der Waals surface area contributed by atoms with Crippen LogP contribution in [0.25, 0.3) is 0 Å². The van der Waals surface area contributed by atoms with Gasteiger partial charge in [-0.1, -0.05) is 6.07 Å². The summed E-state index contributed by atoms with van der Waals surface area (Å²) in [5, 5.41) is 0. The average molecular weight is 537 g/mol. The average Bonchev–Trinajstić information content (AvgIpc) is 2.76. The summed E-state index contributed by atoms with van der Waals surface area (Å²) >= 11 is 0. The Balaban J connectivity index is 1.68. The van der Waals surface area contributed by atoms with Crippen LogP contribution in [0.4, 0.5) is 50.0 Å². The highest BCUT2D eigenvalue weighted by atomic mass is 19.4. The largest absolute Gasteiger partial charge is 0.434 e. The molecule has 15 heteroatoms. The van der Waals surface area contributed by atoms with Crippen molar-refractivity contribution in [3.8, 4) is 0 Å². The molecule has 2 fully saturated rings. The Bertz CT molecular complexity index is 901. The highest BCUT2D eigenvalue weighted by Gasteiger charge is 2.60. The SMILES string of the molecule is C[C@H]1CN(Cc2ccc(N3CCOCC3)cc2C(F)(F)F)CCN1C(=O)OC(C(F)(F)F)C(F)(F)F. The second-order valence-electron chi connectivity index (χ2n) is 8.56. The summed E-state index contributed by atoms with van der Waals surface area (Å²) in [4.78, 5) is 16.1. The van der Waals surface area contributed by atoms with Crippen molar-refractivity contribution in [3.05, 3.63) is 29.3 Å². The minimum absolute atomic E-state index is 0.0445. The van der Waals surface area contributed by atoms with E-state index in [0.717, 1.165) is 6.07 Å². The highest BCUT2D eigenvalue weighted by molar-refractivity contribution is 5.68. The number of carbonyl (C=O) groups excluding carboxylic acids is 1. The van der Waals surface area contributed by atoms with Gasteiger partial charge in [-0.05, 0) is 24.6 Å². The number of hydrogen-bond acceptors (Lipinski definition) is 5. The lowest BCUT2D eigenvalue weighted by Gasteiger charge is -2.40. The van der Waals surface area contributed by atoms with Gasteiger partial charge in [-0.2, -0.15) is 39.5 Å². The fourth-order valence-corrected chi connectivity index (χ4v) is 4.16. The standard InChI is InChI=1S/C21H24F9N3O3/c1-13-11-31(4-5-33(13)18(34)36-17(20(25,26)27)21(28,29)30)12-14-2-3-15(10-16(14)19(22,23)24)32-6-8-35-9-7-32/h2-3,10,13,17H,4-9,11-12H2,1H3/t13-/m0/s1. The molecule has 0 aliphatic carbocycles. The Morgan fingerprint density at radius 1 is 1.00 bits per heavy atom. The summed E-state index contributed by atoms with van der Waals surface area (Å²) < 4.78 is 127. The smallest absolute Gasteiger partial charge is 0.426 e. The lowest BCUT2D eigenvalue weighted by atomic mass is 10.0. The van der Waals surface area contributed by atoms with Gasteiger partial charge in [0, 0.05) is 51.0 Å². The molecule has 0 bridgehead atoms. The Kier molecular flexibility index (Phi) is 8.23. The van der Waals surface area contributed by atoms with E-state index in [2.05, 4.69) is 4.74 Å². The van der Waals surface area contributed by atoms with Gasteiger partial charge < -0.3 is 19.3 Å². The summed E-state index contributed by atoms with van der Waals surface area (Å²) in [6, 6.07) is 3.04. The molecule has 36 heavy (non-hydrogen) atoms. The van der Waals surface area contributed by atoms with Gasteiger partial charge in [0.2, 0.25) is 0 Å². The van der Waals surface area contributed by atoms with E-state index in [9.17, 15) is 44.3 Å². The second kappa shape index (κ2) is 10.5. The predicted octanol–water partition coefficient (Wildman–Crippen LogP) is 4.68. The molecule has 0 spiro atoms. The van der Waals surface area contributed by atoms with Gasteiger partial charge in [-0.3, -0.25) is 4.90 Å². The van der Waals surface area contributed by atoms with E-state index in [1.165, 1.54) is 13.0 Å². The van der Waals surface area contributed by atoms with E-state index in [-0.39, 0.29) is 31.7 Å². The van der Waals surface area contributed by atoms with Crippen LogP contribution >= 0.6 is 0 Å². The van der Waals surface area contributed by atoms with E-state index in [1.807, 2.05) is 0 Å². The quantitative estimate of drug-likeness (QED) is 0.523. The van der Waals surface area contributed by atoms with Crippen LogP contribution in [0, 0.1) is 0 Å². The number of piperazine rings is 1. The van der Waals surface area contributed by atoms with Gasteiger partial charge in [0.25, 0.3) is 6.10 Å². The molecule has 2 saturated heterocycles. The number of rotatable bonds is 4. The van der Waals surface area contributed by atoms with Crippen LogP contribution in [-0.2, 0) is 22.2 Å². The first-order chi connectivity index (χ1) is 16.6. The summed E-state index contributed by atoms with van der Waals surface area (Å²) in [6.45, 7) is 2.35. The van der Waals surface area contributed by atoms with E-state index in [1.54, 1.807) is 15.9 Å². The Morgan fingerprint density at radius 3 is 2.14 bits per heavy atom. The number of benzene rings is 1. The number of anilines is 1. The van der Waals surface area contributed by atoms with Crippen molar-refractivity contribution < 1.29 is 53.8 Å². The van der Waals surface area contributed by atoms with Crippen molar-refractivity contribution in [3.63, 3.8) is 0 Å². The molecule has 2 aliphatic heterocycles. The van der Waals surface area contributed by atoms with Crippen molar-refractivity contribution >= 4 is 11.8 Å². The van der Waals surface area contributed by atoms with Gasteiger partial charge >= 0.3 is 24.6 Å². The number of amides is 1. The molecule has 1 atom stereocenters. The first kappa shape index (κ1) is 28.2. The summed E-state index contributed by atoms with van der Waals surface area (Å²) in [6.07, 6.45) is -22.4. The zero-order chi connectivity index (χ0) is 26.9. The Morgan fingerprint density at radius 2 is 1.61 bits per heavy atom. The molecule has 0 radical (unpaired) electrons. The molecule has 204 valence electrons. The minimum atomic E-state index is -5.85. The second-order valence-corrected chi connectivity index (χ2v) is 8.56. The number of halogens is 9. The van der Waals surface area contributed by atoms with Gasteiger partial charge in [0.15, 0.2) is 0 Å². The third-order valence-electron chi connectivity index (χ3n) is 5.93. The molecule has 2 aliphatic rings. The van der Waals surface area contributed by atoms with E-state index in [4.69, 9.17) is 4.74 Å². The van der Waals surface area contributed by atoms with Gasteiger partial charge in [-0.15, -0.1) is 0 Å². The molecule has 0 N–H and O–H groups in total. The lowest BCUT2D eigenvalue weighted by Crippen LogP contribution is -2.56. The van der Waals surface area contributed by atoms with E-state index in [0.29, 0.717) is 36.9 Å². The number of hydrogen-bond donors (Lipinski definition) is 0.